The smallest absolute Gasteiger partial charge is 0.433 e. The SMILES string of the molecule is COc1cccc(CCNC(=O)C2CN(C(=O)c3ccc([N+](=O)[O-])o3)C2)c1. The van der Waals surface area contributed by atoms with E-state index in [1.54, 1.807) is 7.11 Å². The van der Waals surface area contributed by atoms with E-state index < -0.39 is 16.7 Å². The van der Waals surface area contributed by atoms with Gasteiger partial charge >= 0.3 is 5.88 Å². The molecule has 1 aromatic heterocycles. The molecule has 9 nitrogen and oxygen atoms in total. The Labute approximate surface area is 155 Å². The highest BCUT2D eigenvalue weighted by atomic mass is 16.6. The van der Waals surface area contributed by atoms with Gasteiger partial charge in [-0.25, -0.2) is 0 Å². The Kier molecular flexibility index (Phi) is 5.39. The van der Waals surface area contributed by atoms with E-state index in [1.807, 2.05) is 24.3 Å². The molecule has 0 aliphatic carbocycles. The average Bonchev–Trinajstić information content (AvgIpc) is 3.11. The molecule has 27 heavy (non-hydrogen) atoms. The van der Waals surface area contributed by atoms with Crippen LogP contribution in [-0.2, 0) is 11.2 Å². The maximum atomic E-state index is 12.2. The topological polar surface area (TPSA) is 115 Å². The molecule has 2 amide bonds. The van der Waals surface area contributed by atoms with Crippen LogP contribution in [-0.4, -0.2) is 48.4 Å². The van der Waals surface area contributed by atoms with Crippen molar-refractivity contribution in [2.75, 3.05) is 26.7 Å². The monoisotopic (exact) mass is 373 g/mol. The summed E-state index contributed by atoms with van der Waals surface area (Å²) < 4.78 is 10.1. The summed E-state index contributed by atoms with van der Waals surface area (Å²) in [5.74, 6) is -0.672. The molecule has 0 atom stereocenters. The Hall–Kier alpha value is -3.36. The van der Waals surface area contributed by atoms with E-state index in [0.29, 0.717) is 13.0 Å². The van der Waals surface area contributed by atoms with Gasteiger partial charge in [-0.05, 0) is 30.2 Å². The van der Waals surface area contributed by atoms with Crippen molar-refractivity contribution in [1.82, 2.24) is 10.2 Å². The van der Waals surface area contributed by atoms with Crippen LogP contribution in [0.1, 0.15) is 16.1 Å². The molecule has 0 radical (unpaired) electrons. The van der Waals surface area contributed by atoms with Gasteiger partial charge in [-0.1, -0.05) is 12.1 Å². The lowest BCUT2D eigenvalue weighted by atomic mass is 9.98. The van der Waals surface area contributed by atoms with Crippen LogP contribution >= 0.6 is 0 Å². The molecule has 142 valence electrons. The summed E-state index contributed by atoms with van der Waals surface area (Å²) >= 11 is 0. The zero-order valence-electron chi connectivity index (χ0n) is 14.7. The summed E-state index contributed by atoms with van der Waals surface area (Å²) in [4.78, 5) is 35.6. The molecule has 1 aliphatic rings. The minimum Gasteiger partial charge on any atom is -0.497 e. The average molecular weight is 373 g/mol. The summed E-state index contributed by atoms with van der Waals surface area (Å²) in [6.45, 7) is 1.01. The van der Waals surface area contributed by atoms with Crippen LogP contribution in [0, 0.1) is 16.0 Å². The summed E-state index contributed by atoms with van der Waals surface area (Å²) in [5, 5.41) is 13.5. The van der Waals surface area contributed by atoms with Gasteiger partial charge in [0.05, 0.1) is 19.1 Å². The molecule has 0 bridgehead atoms. The van der Waals surface area contributed by atoms with Gasteiger partial charge in [-0.2, -0.15) is 0 Å². The number of nitro groups is 1. The van der Waals surface area contributed by atoms with E-state index in [0.717, 1.165) is 17.4 Å². The number of nitrogens with zero attached hydrogens (tertiary/aromatic N) is 2. The summed E-state index contributed by atoms with van der Waals surface area (Å²) in [7, 11) is 1.60. The van der Waals surface area contributed by atoms with E-state index in [4.69, 9.17) is 9.15 Å². The van der Waals surface area contributed by atoms with Crippen molar-refractivity contribution in [3.05, 3.63) is 57.8 Å². The summed E-state index contributed by atoms with van der Waals surface area (Å²) in [6.07, 6.45) is 0.675. The molecule has 9 heteroatoms. The number of furan rings is 1. The van der Waals surface area contributed by atoms with Gasteiger partial charge in [-0.15, -0.1) is 0 Å². The number of ether oxygens (including phenoxy) is 1. The third-order valence-electron chi connectivity index (χ3n) is 4.37. The molecule has 1 aliphatic heterocycles. The van der Waals surface area contributed by atoms with Crippen molar-refractivity contribution in [2.24, 2.45) is 5.92 Å². The third-order valence-corrected chi connectivity index (χ3v) is 4.37. The first-order valence-electron chi connectivity index (χ1n) is 8.42. The van der Waals surface area contributed by atoms with Crippen LogP contribution in [0.4, 0.5) is 5.88 Å². The van der Waals surface area contributed by atoms with Crippen LogP contribution in [0.2, 0.25) is 0 Å². The number of carbonyl (C=O) groups excluding carboxylic acids is 2. The molecular formula is C18H19N3O6. The first-order valence-corrected chi connectivity index (χ1v) is 8.42. The van der Waals surface area contributed by atoms with Gasteiger partial charge in [0, 0.05) is 19.6 Å². The summed E-state index contributed by atoms with van der Waals surface area (Å²) in [5.41, 5.74) is 1.06. The Morgan fingerprint density at radius 3 is 2.78 bits per heavy atom. The normalized spacial score (nSPS) is 13.7. The molecule has 2 aromatic rings. The van der Waals surface area contributed by atoms with Crippen LogP contribution in [0.25, 0.3) is 0 Å². The number of hydrogen-bond donors (Lipinski definition) is 1. The second kappa shape index (κ2) is 7.90. The van der Waals surface area contributed by atoms with Gasteiger partial charge < -0.3 is 19.4 Å². The van der Waals surface area contributed by atoms with Crippen LogP contribution < -0.4 is 10.1 Å². The fraction of sp³-hybridized carbons (Fsp3) is 0.333. The quantitative estimate of drug-likeness (QED) is 0.583. The number of carbonyl (C=O) groups is 2. The van der Waals surface area contributed by atoms with Gasteiger partial charge in [0.2, 0.25) is 5.91 Å². The number of amides is 2. The highest BCUT2D eigenvalue weighted by Gasteiger charge is 2.37. The fourth-order valence-corrected chi connectivity index (χ4v) is 2.81. The largest absolute Gasteiger partial charge is 0.497 e. The van der Waals surface area contributed by atoms with E-state index in [-0.39, 0.29) is 30.7 Å². The molecule has 0 unspecified atom stereocenters. The van der Waals surface area contributed by atoms with Crippen molar-refractivity contribution < 1.29 is 23.7 Å². The number of methoxy groups -OCH3 is 1. The lowest BCUT2D eigenvalue weighted by molar-refractivity contribution is -0.402. The van der Waals surface area contributed by atoms with Gasteiger partial charge in [-0.3, -0.25) is 19.7 Å². The van der Waals surface area contributed by atoms with Crippen molar-refractivity contribution in [3.63, 3.8) is 0 Å². The maximum absolute atomic E-state index is 12.2. The summed E-state index contributed by atoms with van der Waals surface area (Å²) in [6, 6.07) is 10.0. The van der Waals surface area contributed by atoms with E-state index in [1.165, 1.54) is 11.0 Å². The third kappa shape index (κ3) is 4.25. The van der Waals surface area contributed by atoms with E-state index >= 15 is 0 Å². The van der Waals surface area contributed by atoms with Crippen LogP contribution in [0.15, 0.2) is 40.8 Å². The van der Waals surface area contributed by atoms with Crippen LogP contribution in [0.3, 0.4) is 0 Å². The predicted octanol–water partition coefficient (Wildman–Crippen LogP) is 1.63. The minimum absolute atomic E-state index is 0.0985. The highest BCUT2D eigenvalue weighted by Crippen LogP contribution is 2.22. The molecule has 0 saturated carbocycles. The number of likely N-dealkylation sites (tertiary alicyclic amines) is 1. The molecule has 1 saturated heterocycles. The Morgan fingerprint density at radius 2 is 2.11 bits per heavy atom. The number of benzene rings is 1. The standard InChI is InChI=1S/C18H19N3O6/c1-26-14-4-2-3-12(9-14)7-8-19-17(22)13-10-20(11-13)18(23)15-5-6-16(27-15)21(24)25/h2-6,9,13H,7-8,10-11H2,1H3,(H,19,22). The van der Waals surface area contributed by atoms with Gasteiger partial charge in [0.15, 0.2) is 5.76 Å². The molecule has 0 spiro atoms. The molecule has 1 fully saturated rings. The first-order chi connectivity index (χ1) is 13.0. The van der Waals surface area contributed by atoms with E-state index in [9.17, 15) is 19.7 Å². The molecule has 2 heterocycles. The second-order valence-corrected chi connectivity index (χ2v) is 6.19. The zero-order chi connectivity index (χ0) is 19.4. The molecule has 1 N–H and O–H groups in total. The van der Waals surface area contributed by atoms with E-state index in [2.05, 4.69) is 5.32 Å². The molecular weight excluding hydrogens is 354 g/mol. The Balaban J connectivity index is 1.42. The van der Waals surface area contributed by atoms with Crippen LogP contribution in [0.5, 0.6) is 5.75 Å². The zero-order valence-corrected chi connectivity index (χ0v) is 14.7. The first kappa shape index (κ1) is 18.4. The van der Waals surface area contributed by atoms with Crippen molar-refractivity contribution >= 4 is 17.7 Å². The number of hydrogen-bond acceptors (Lipinski definition) is 6. The Bertz CT molecular complexity index is 856. The molecule has 1 aromatic carbocycles. The predicted molar refractivity (Wildman–Crippen MR) is 94.5 cm³/mol. The number of nitrogens with one attached hydrogen (secondary N) is 1. The van der Waals surface area contributed by atoms with Crippen molar-refractivity contribution in [3.8, 4) is 5.75 Å². The highest BCUT2D eigenvalue weighted by molar-refractivity contribution is 5.94. The van der Waals surface area contributed by atoms with Crippen molar-refractivity contribution in [2.45, 2.75) is 6.42 Å². The maximum Gasteiger partial charge on any atom is 0.433 e. The fourth-order valence-electron chi connectivity index (χ4n) is 2.81. The molecule has 3 rings (SSSR count). The lowest BCUT2D eigenvalue weighted by Crippen LogP contribution is -2.55. The second-order valence-electron chi connectivity index (χ2n) is 6.19. The van der Waals surface area contributed by atoms with Gasteiger partial charge in [0.25, 0.3) is 5.91 Å². The number of rotatable bonds is 7. The Morgan fingerprint density at radius 1 is 1.33 bits per heavy atom. The van der Waals surface area contributed by atoms with Crippen molar-refractivity contribution in [1.29, 1.82) is 0 Å². The lowest BCUT2D eigenvalue weighted by Gasteiger charge is -2.37. The minimum atomic E-state index is -0.703. The van der Waals surface area contributed by atoms with Gasteiger partial charge in [0.1, 0.15) is 10.7 Å².